The third kappa shape index (κ3) is 3.59. The molecule has 2 aromatic rings. The van der Waals surface area contributed by atoms with Crippen LogP contribution in [0.1, 0.15) is 35.3 Å². The van der Waals surface area contributed by atoms with Crippen LogP contribution in [-0.4, -0.2) is 23.4 Å². The zero-order valence-corrected chi connectivity index (χ0v) is 14.9. The molecule has 1 aliphatic heterocycles. The summed E-state index contributed by atoms with van der Waals surface area (Å²) in [7, 11) is 1.60. The summed E-state index contributed by atoms with van der Waals surface area (Å²) in [4.78, 5) is 23.1. The third-order valence-corrected chi connectivity index (χ3v) is 4.33. The second kappa shape index (κ2) is 6.63. The van der Waals surface area contributed by atoms with Crippen LogP contribution in [0.25, 0.3) is 5.70 Å². The van der Waals surface area contributed by atoms with Crippen molar-refractivity contribution in [1.82, 2.24) is 5.32 Å². The molecule has 134 valence electrons. The lowest BCUT2D eigenvalue weighted by atomic mass is 9.85. The predicted molar refractivity (Wildman–Crippen MR) is 99.3 cm³/mol. The van der Waals surface area contributed by atoms with E-state index in [2.05, 4.69) is 19.2 Å². The first-order valence-electron chi connectivity index (χ1n) is 8.25. The third-order valence-electron chi connectivity index (χ3n) is 4.33. The van der Waals surface area contributed by atoms with Crippen LogP contribution in [0.15, 0.2) is 48.5 Å². The van der Waals surface area contributed by atoms with Crippen LogP contribution in [-0.2, 0) is 6.42 Å². The van der Waals surface area contributed by atoms with E-state index in [4.69, 9.17) is 4.74 Å². The fourth-order valence-electron chi connectivity index (χ4n) is 3.14. The van der Waals surface area contributed by atoms with Gasteiger partial charge in [-0.2, -0.15) is 0 Å². The SMILES string of the molecule is COc1ccc2c(c1)/C(=C/C(=O)c1cccc([N+](=O)[O-])c1)NC(C)(C)C2. The van der Waals surface area contributed by atoms with Crippen molar-refractivity contribution in [2.24, 2.45) is 0 Å². The zero-order valence-electron chi connectivity index (χ0n) is 14.9. The monoisotopic (exact) mass is 352 g/mol. The maximum atomic E-state index is 12.7. The van der Waals surface area contributed by atoms with Crippen molar-refractivity contribution in [2.45, 2.75) is 25.8 Å². The largest absolute Gasteiger partial charge is 0.497 e. The highest BCUT2D eigenvalue weighted by Gasteiger charge is 2.28. The summed E-state index contributed by atoms with van der Waals surface area (Å²) in [6.45, 7) is 4.12. The van der Waals surface area contributed by atoms with E-state index in [0.717, 1.165) is 17.5 Å². The summed E-state index contributed by atoms with van der Waals surface area (Å²) in [6, 6.07) is 11.5. The highest BCUT2D eigenvalue weighted by molar-refractivity contribution is 6.09. The number of fused-ring (bicyclic) bond motifs is 1. The van der Waals surface area contributed by atoms with Crippen molar-refractivity contribution < 1.29 is 14.5 Å². The minimum atomic E-state index is -0.508. The zero-order chi connectivity index (χ0) is 18.9. The summed E-state index contributed by atoms with van der Waals surface area (Å²) in [5.41, 5.74) is 2.67. The average molecular weight is 352 g/mol. The van der Waals surface area contributed by atoms with Gasteiger partial charge in [0.2, 0.25) is 0 Å². The van der Waals surface area contributed by atoms with E-state index in [0.29, 0.717) is 11.4 Å². The molecule has 6 nitrogen and oxygen atoms in total. The number of methoxy groups -OCH3 is 1. The Morgan fingerprint density at radius 3 is 2.73 bits per heavy atom. The molecular formula is C20H20N2O4. The van der Waals surface area contributed by atoms with Crippen LogP contribution < -0.4 is 10.1 Å². The Morgan fingerprint density at radius 1 is 1.27 bits per heavy atom. The Morgan fingerprint density at radius 2 is 2.04 bits per heavy atom. The van der Waals surface area contributed by atoms with E-state index in [1.807, 2.05) is 18.2 Å². The Bertz CT molecular complexity index is 916. The minimum Gasteiger partial charge on any atom is -0.497 e. The van der Waals surface area contributed by atoms with E-state index in [9.17, 15) is 14.9 Å². The molecule has 26 heavy (non-hydrogen) atoms. The van der Waals surface area contributed by atoms with Crippen LogP contribution in [0.5, 0.6) is 5.75 Å². The van der Waals surface area contributed by atoms with E-state index < -0.39 is 4.92 Å². The number of nitro groups is 1. The van der Waals surface area contributed by atoms with Gasteiger partial charge in [0.15, 0.2) is 5.78 Å². The molecule has 0 atom stereocenters. The lowest BCUT2D eigenvalue weighted by Gasteiger charge is -2.35. The van der Waals surface area contributed by atoms with Crippen LogP contribution >= 0.6 is 0 Å². The first-order chi connectivity index (χ1) is 12.3. The molecule has 3 rings (SSSR count). The quantitative estimate of drug-likeness (QED) is 0.392. The molecule has 2 aromatic carbocycles. The summed E-state index contributed by atoms with van der Waals surface area (Å²) in [5, 5.41) is 14.3. The smallest absolute Gasteiger partial charge is 0.270 e. The van der Waals surface area contributed by atoms with Crippen molar-refractivity contribution in [3.05, 3.63) is 75.3 Å². The number of benzene rings is 2. The lowest BCUT2D eigenvalue weighted by molar-refractivity contribution is -0.384. The number of carbonyl (C=O) groups excluding carboxylic acids is 1. The van der Waals surface area contributed by atoms with Crippen molar-refractivity contribution >= 4 is 17.2 Å². The number of ketones is 1. The number of nitrogens with zero attached hydrogens (tertiary/aromatic N) is 1. The van der Waals surface area contributed by atoms with Gasteiger partial charge in [0.1, 0.15) is 5.75 Å². The standard InChI is InChI=1S/C20H20N2O4/c1-20(2)12-14-7-8-16(26-3)10-17(14)18(21-20)11-19(23)13-5-4-6-15(9-13)22(24)25/h4-11,21H,12H2,1-3H3/b18-11-. The highest BCUT2D eigenvalue weighted by atomic mass is 16.6. The van der Waals surface area contributed by atoms with Crippen LogP contribution in [0, 0.1) is 10.1 Å². The van der Waals surface area contributed by atoms with Gasteiger partial charge in [-0.1, -0.05) is 18.2 Å². The number of rotatable bonds is 4. The fourth-order valence-corrected chi connectivity index (χ4v) is 3.14. The summed E-state index contributed by atoms with van der Waals surface area (Å²) in [6.07, 6.45) is 2.31. The highest BCUT2D eigenvalue weighted by Crippen LogP contribution is 2.32. The Kier molecular flexibility index (Phi) is 4.50. The number of carbonyl (C=O) groups is 1. The lowest BCUT2D eigenvalue weighted by Crippen LogP contribution is -2.43. The van der Waals surface area contributed by atoms with Gasteiger partial charge in [0, 0.05) is 40.6 Å². The van der Waals surface area contributed by atoms with Crippen LogP contribution in [0.4, 0.5) is 5.69 Å². The van der Waals surface area contributed by atoms with Gasteiger partial charge >= 0.3 is 0 Å². The van der Waals surface area contributed by atoms with Gasteiger partial charge in [-0.05, 0) is 38.0 Å². The number of hydrogen-bond donors (Lipinski definition) is 1. The predicted octanol–water partition coefficient (Wildman–Crippen LogP) is 3.75. The maximum absolute atomic E-state index is 12.7. The van der Waals surface area contributed by atoms with E-state index in [1.54, 1.807) is 13.2 Å². The van der Waals surface area contributed by atoms with Gasteiger partial charge < -0.3 is 10.1 Å². The van der Waals surface area contributed by atoms with Gasteiger partial charge in [-0.15, -0.1) is 0 Å². The van der Waals surface area contributed by atoms with Crippen LogP contribution in [0.2, 0.25) is 0 Å². The second-order valence-electron chi connectivity index (χ2n) is 6.94. The molecule has 1 N–H and O–H groups in total. The molecular weight excluding hydrogens is 332 g/mol. The molecule has 0 aliphatic carbocycles. The molecule has 1 aliphatic rings. The number of non-ortho nitro benzene ring substituents is 1. The van der Waals surface area contributed by atoms with E-state index in [-0.39, 0.29) is 22.6 Å². The molecule has 1 heterocycles. The first kappa shape index (κ1) is 17.7. The second-order valence-corrected chi connectivity index (χ2v) is 6.94. The van der Waals surface area contributed by atoms with Crippen LogP contribution in [0.3, 0.4) is 0 Å². The van der Waals surface area contributed by atoms with Gasteiger partial charge in [-0.25, -0.2) is 0 Å². The van der Waals surface area contributed by atoms with Gasteiger partial charge in [0.05, 0.1) is 12.0 Å². The molecule has 0 unspecified atom stereocenters. The Labute approximate surface area is 151 Å². The molecule has 0 amide bonds. The summed E-state index contributed by atoms with van der Waals surface area (Å²) in [5.74, 6) is 0.418. The molecule has 0 fully saturated rings. The van der Waals surface area contributed by atoms with Gasteiger partial charge in [0.25, 0.3) is 5.69 Å². The summed E-state index contributed by atoms with van der Waals surface area (Å²) < 4.78 is 5.30. The van der Waals surface area contributed by atoms with Gasteiger partial charge in [-0.3, -0.25) is 14.9 Å². The molecule has 6 heteroatoms. The van der Waals surface area contributed by atoms with E-state index in [1.165, 1.54) is 24.3 Å². The first-order valence-corrected chi connectivity index (χ1v) is 8.25. The number of hydrogen-bond acceptors (Lipinski definition) is 5. The topological polar surface area (TPSA) is 81.5 Å². The molecule has 0 saturated heterocycles. The minimum absolute atomic E-state index is 0.103. The Hall–Kier alpha value is -3.15. The fraction of sp³-hybridized carbons (Fsp3) is 0.250. The number of ether oxygens (including phenoxy) is 1. The Balaban J connectivity index is 2.03. The number of nitro benzene ring substituents is 1. The normalized spacial score (nSPS) is 16.5. The molecule has 0 bridgehead atoms. The summed E-state index contributed by atoms with van der Waals surface area (Å²) >= 11 is 0. The number of allylic oxidation sites excluding steroid dienone is 1. The van der Waals surface area contributed by atoms with Crippen molar-refractivity contribution in [2.75, 3.05) is 7.11 Å². The molecule has 0 aromatic heterocycles. The molecule has 0 radical (unpaired) electrons. The maximum Gasteiger partial charge on any atom is 0.270 e. The molecule has 0 spiro atoms. The van der Waals surface area contributed by atoms with Crippen molar-refractivity contribution in [1.29, 1.82) is 0 Å². The van der Waals surface area contributed by atoms with Crippen molar-refractivity contribution in [3.8, 4) is 5.75 Å². The average Bonchev–Trinajstić information content (AvgIpc) is 2.60. The molecule has 0 saturated carbocycles. The van der Waals surface area contributed by atoms with Crippen molar-refractivity contribution in [3.63, 3.8) is 0 Å². The number of nitrogens with one attached hydrogen (secondary N) is 1. The van der Waals surface area contributed by atoms with E-state index >= 15 is 0 Å².